The molecule has 1 atom stereocenters. The van der Waals surface area contributed by atoms with Gasteiger partial charge in [0.2, 0.25) is 12.7 Å². The number of pyridine rings is 1. The number of rotatable bonds is 6. The minimum atomic E-state index is -1.05. The fraction of sp³-hybridized carbons (Fsp3) is 0.296. The van der Waals surface area contributed by atoms with Crippen LogP contribution >= 0.6 is 0 Å². The first kappa shape index (κ1) is 22.8. The molecule has 1 fully saturated rings. The van der Waals surface area contributed by atoms with Gasteiger partial charge in [0.25, 0.3) is 5.91 Å². The van der Waals surface area contributed by atoms with E-state index < -0.39 is 17.8 Å². The third kappa shape index (κ3) is 4.96. The Labute approximate surface area is 202 Å². The molecule has 0 unspecified atom stereocenters. The number of ether oxygens (including phenoxy) is 2. The van der Waals surface area contributed by atoms with E-state index >= 15 is 0 Å². The Hall–Kier alpha value is -3.94. The van der Waals surface area contributed by atoms with E-state index in [9.17, 15) is 14.0 Å². The van der Waals surface area contributed by atoms with Crippen LogP contribution in [0.25, 0.3) is 0 Å². The Morgan fingerprint density at radius 2 is 1.74 bits per heavy atom. The molecule has 0 radical (unpaired) electrons. The van der Waals surface area contributed by atoms with Gasteiger partial charge in [-0.05, 0) is 54.8 Å². The van der Waals surface area contributed by atoms with E-state index in [0.29, 0.717) is 22.7 Å². The van der Waals surface area contributed by atoms with Crippen molar-refractivity contribution in [1.29, 1.82) is 0 Å². The van der Waals surface area contributed by atoms with Crippen molar-refractivity contribution in [2.24, 2.45) is 0 Å². The van der Waals surface area contributed by atoms with Crippen molar-refractivity contribution < 1.29 is 23.5 Å². The predicted octanol–water partition coefficient (Wildman–Crippen LogP) is 4.79. The molecule has 7 nitrogen and oxygen atoms in total. The lowest BCUT2D eigenvalue weighted by Crippen LogP contribution is -2.47. The molecular weight excluding hydrogens is 449 g/mol. The van der Waals surface area contributed by atoms with Gasteiger partial charge in [-0.15, -0.1) is 0 Å². The Morgan fingerprint density at radius 3 is 2.49 bits per heavy atom. The van der Waals surface area contributed by atoms with Gasteiger partial charge in [-0.1, -0.05) is 37.5 Å². The van der Waals surface area contributed by atoms with Crippen molar-refractivity contribution in [2.75, 3.05) is 11.7 Å². The average molecular weight is 476 g/mol. The van der Waals surface area contributed by atoms with E-state index in [2.05, 4.69) is 10.3 Å². The zero-order valence-corrected chi connectivity index (χ0v) is 19.2. The van der Waals surface area contributed by atoms with Crippen molar-refractivity contribution >= 4 is 17.5 Å². The first-order chi connectivity index (χ1) is 17.1. The first-order valence-electron chi connectivity index (χ1n) is 11.8. The summed E-state index contributed by atoms with van der Waals surface area (Å²) in [6.45, 7) is 0.0799. The summed E-state index contributed by atoms with van der Waals surface area (Å²) in [6, 6.07) is 14.8. The van der Waals surface area contributed by atoms with E-state index in [1.54, 1.807) is 36.4 Å². The lowest BCUT2D eigenvalue weighted by Gasteiger charge is -2.33. The van der Waals surface area contributed by atoms with Crippen LogP contribution in [0.1, 0.15) is 54.2 Å². The normalized spacial score (nSPS) is 15.9. The largest absolute Gasteiger partial charge is 0.454 e. The number of hydrogen-bond acceptors (Lipinski definition) is 5. The van der Waals surface area contributed by atoms with Gasteiger partial charge >= 0.3 is 0 Å². The van der Waals surface area contributed by atoms with Crippen molar-refractivity contribution in [3.63, 3.8) is 0 Å². The van der Waals surface area contributed by atoms with E-state index in [1.165, 1.54) is 35.4 Å². The zero-order valence-electron chi connectivity index (χ0n) is 19.2. The van der Waals surface area contributed by atoms with Gasteiger partial charge < -0.3 is 14.8 Å². The fourth-order valence-corrected chi connectivity index (χ4v) is 4.62. The molecule has 2 heterocycles. The summed E-state index contributed by atoms with van der Waals surface area (Å²) >= 11 is 0. The van der Waals surface area contributed by atoms with Crippen molar-refractivity contribution in [3.8, 4) is 11.5 Å². The quantitative estimate of drug-likeness (QED) is 0.555. The topological polar surface area (TPSA) is 80.8 Å². The lowest BCUT2D eigenvalue weighted by atomic mass is 9.94. The number of fused-ring (bicyclic) bond motifs is 1. The highest BCUT2D eigenvalue weighted by Crippen LogP contribution is 2.38. The third-order valence-electron chi connectivity index (χ3n) is 6.38. The Morgan fingerprint density at radius 1 is 0.971 bits per heavy atom. The van der Waals surface area contributed by atoms with Crippen LogP contribution < -0.4 is 19.7 Å². The highest BCUT2D eigenvalue weighted by Gasteiger charge is 2.36. The van der Waals surface area contributed by atoms with Crippen LogP contribution in [0.5, 0.6) is 11.5 Å². The van der Waals surface area contributed by atoms with Crippen LogP contribution in [0.2, 0.25) is 0 Å². The summed E-state index contributed by atoms with van der Waals surface area (Å²) in [5.74, 6) is -0.176. The van der Waals surface area contributed by atoms with Gasteiger partial charge in [-0.3, -0.25) is 19.5 Å². The Bertz CT molecular complexity index is 1200. The number of aromatic nitrogens is 1. The molecule has 8 heteroatoms. The maximum atomic E-state index is 13.9. The number of hydrogen-bond donors (Lipinski definition) is 1. The molecule has 3 aromatic rings. The summed E-state index contributed by atoms with van der Waals surface area (Å²) in [4.78, 5) is 33.3. The van der Waals surface area contributed by atoms with Crippen LogP contribution in [0.15, 0.2) is 66.9 Å². The maximum Gasteiger partial charge on any atom is 0.277 e. The number of benzene rings is 2. The van der Waals surface area contributed by atoms with Crippen LogP contribution in [-0.4, -0.2) is 29.6 Å². The number of carbonyl (C=O) groups excluding carboxylic acids is 2. The van der Waals surface area contributed by atoms with Crippen molar-refractivity contribution in [1.82, 2.24) is 10.3 Å². The lowest BCUT2D eigenvalue weighted by molar-refractivity contribution is -0.123. The second kappa shape index (κ2) is 10.1. The molecule has 1 aliphatic heterocycles. The molecular formula is C27H26FN3O4. The standard InChI is InChI=1S/C27H26FN3O4/c28-19-11-9-18(10-12-19)25(26(32)30-20-6-2-1-3-7-20)31(27(33)22-8-4-5-15-29-22)21-13-14-23-24(16-21)35-17-34-23/h4-5,8-16,20,25H,1-3,6-7,17H2,(H,30,32)/t25-/m0/s1. The average Bonchev–Trinajstić information content (AvgIpc) is 3.37. The number of amides is 2. The molecule has 5 rings (SSSR count). The van der Waals surface area contributed by atoms with E-state index in [0.717, 1.165) is 32.1 Å². The van der Waals surface area contributed by atoms with Gasteiger partial charge in [-0.25, -0.2) is 4.39 Å². The summed E-state index contributed by atoms with van der Waals surface area (Å²) in [7, 11) is 0. The minimum absolute atomic E-state index is 0.0303. The Kier molecular flexibility index (Phi) is 6.61. The maximum absolute atomic E-state index is 13.9. The van der Waals surface area contributed by atoms with Gasteiger partial charge in [0, 0.05) is 24.0 Å². The van der Waals surface area contributed by atoms with Crippen LogP contribution in [0, 0.1) is 5.82 Å². The van der Waals surface area contributed by atoms with Gasteiger partial charge in [-0.2, -0.15) is 0 Å². The molecule has 2 aliphatic rings. The van der Waals surface area contributed by atoms with Crippen molar-refractivity contribution in [3.05, 3.63) is 83.9 Å². The number of carbonyl (C=O) groups is 2. The SMILES string of the molecule is O=C(NC1CCCCC1)[C@H](c1ccc(F)cc1)N(C(=O)c1ccccn1)c1ccc2c(c1)OCO2. The molecule has 1 aromatic heterocycles. The second-order valence-electron chi connectivity index (χ2n) is 8.73. The van der Waals surface area contributed by atoms with Crippen LogP contribution in [0.4, 0.5) is 10.1 Å². The number of halogens is 1. The summed E-state index contributed by atoms with van der Waals surface area (Å²) in [6.07, 6.45) is 6.55. The van der Waals surface area contributed by atoms with E-state index in [4.69, 9.17) is 9.47 Å². The minimum Gasteiger partial charge on any atom is -0.454 e. The molecule has 0 spiro atoms. The Balaban J connectivity index is 1.60. The highest BCUT2D eigenvalue weighted by atomic mass is 19.1. The summed E-state index contributed by atoms with van der Waals surface area (Å²) in [5, 5.41) is 3.14. The molecule has 180 valence electrons. The molecule has 1 saturated carbocycles. The van der Waals surface area contributed by atoms with Crippen LogP contribution in [-0.2, 0) is 4.79 Å². The number of nitrogens with one attached hydrogen (secondary N) is 1. The van der Waals surface area contributed by atoms with Gasteiger partial charge in [0.05, 0.1) is 0 Å². The zero-order chi connectivity index (χ0) is 24.2. The molecule has 1 N–H and O–H groups in total. The summed E-state index contributed by atoms with van der Waals surface area (Å²) in [5.41, 5.74) is 1.11. The smallest absolute Gasteiger partial charge is 0.277 e. The van der Waals surface area contributed by atoms with Gasteiger partial charge in [0.15, 0.2) is 11.5 Å². The predicted molar refractivity (Wildman–Crippen MR) is 128 cm³/mol. The molecule has 1 aliphatic carbocycles. The highest BCUT2D eigenvalue weighted by molar-refractivity contribution is 6.09. The summed E-state index contributed by atoms with van der Waals surface area (Å²) < 4.78 is 24.8. The van der Waals surface area contributed by atoms with E-state index in [1.807, 2.05) is 0 Å². The molecule has 2 aromatic carbocycles. The van der Waals surface area contributed by atoms with Gasteiger partial charge in [0.1, 0.15) is 17.6 Å². The second-order valence-corrected chi connectivity index (χ2v) is 8.73. The molecule has 35 heavy (non-hydrogen) atoms. The first-order valence-corrected chi connectivity index (χ1v) is 11.8. The number of nitrogens with zero attached hydrogens (tertiary/aromatic N) is 2. The molecule has 0 bridgehead atoms. The monoisotopic (exact) mass is 475 g/mol. The fourth-order valence-electron chi connectivity index (χ4n) is 4.62. The van der Waals surface area contributed by atoms with Crippen molar-refractivity contribution in [2.45, 2.75) is 44.2 Å². The van der Waals surface area contributed by atoms with E-state index in [-0.39, 0.29) is 24.4 Å². The molecule has 2 amide bonds. The number of anilines is 1. The van der Waals surface area contributed by atoms with Crippen LogP contribution in [0.3, 0.4) is 0 Å². The third-order valence-corrected chi connectivity index (χ3v) is 6.38. The molecule has 0 saturated heterocycles.